The fraction of sp³-hybridized carbons (Fsp3) is 0.593. The number of fused-ring (bicyclic) bond motifs is 5. The lowest BCUT2D eigenvalue weighted by Crippen LogP contribution is -2.54. The number of aliphatic hydroxyl groups is 1. The minimum atomic E-state index is -0.209. The van der Waals surface area contributed by atoms with Crippen LogP contribution in [0.15, 0.2) is 48.1 Å². The molecule has 2 nitrogen and oxygen atoms in total. The molecular formula is C27H34O2. The van der Waals surface area contributed by atoms with Gasteiger partial charge < -0.3 is 5.11 Å². The van der Waals surface area contributed by atoms with Crippen LogP contribution in [0, 0.1) is 34.5 Å². The van der Waals surface area contributed by atoms with Crippen LogP contribution in [0.25, 0.3) is 6.08 Å². The highest BCUT2D eigenvalue weighted by Gasteiger charge is 2.61. The first-order valence-corrected chi connectivity index (χ1v) is 11.5. The van der Waals surface area contributed by atoms with Gasteiger partial charge in [-0.15, -0.1) is 0 Å². The van der Waals surface area contributed by atoms with Crippen molar-refractivity contribution in [3.05, 3.63) is 53.6 Å². The van der Waals surface area contributed by atoms with Gasteiger partial charge in [0.1, 0.15) is 0 Å². The summed E-state index contributed by atoms with van der Waals surface area (Å²) in [6.45, 7) is 9.21. The van der Waals surface area contributed by atoms with Crippen molar-refractivity contribution in [2.24, 2.45) is 34.5 Å². The van der Waals surface area contributed by atoms with Gasteiger partial charge in [0.15, 0.2) is 5.78 Å². The summed E-state index contributed by atoms with van der Waals surface area (Å²) in [6.07, 6.45) is 9.01. The standard InChI is InChI=1S/C27H34O2/c1-17-13-21-22(26(2)11-9-20(28)16-23(17)26)10-12-27(3)24(21)15-19(25(27)29)14-18-7-5-4-6-8-18/h4-8,14,20-24,28H,1,9-13,15-16H2,2-3H3/b19-14+/t20-,21-,22?,23?,24?,26-,27+/m0/s1. The number of ketones is 1. The van der Waals surface area contributed by atoms with Gasteiger partial charge in [-0.3, -0.25) is 4.79 Å². The van der Waals surface area contributed by atoms with E-state index in [2.05, 4.69) is 38.6 Å². The molecule has 5 rings (SSSR count). The van der Waals surface area contributed by atoms with Crippen LogP contribution in [0.3, 0.4) is 0 Å². The average molecular weight is 391 g/mol. The Morgan fingerprint density at radius 3 is 2.59 bits per heavy atom. The molecule has 1 N–H and O–H groups in total. The molecule has 1 aromatic carbocycles. The van der Waals surface area contributed by atoms with E-state index in [1.807, 2.05) is 18.2 Å². The molecule has 0 heterocycles. The third-order valence-electron chi connectivity index (χ3n) is 9.38. The molecule has 0 bridgehead atoms. The number of hydrogen-bond acceptors (Lipinski definition) is 2. The highest BCUT2D eigenvalue weighted by molar-refractivity contribution is 6.05. The van der Waals surface area contributed by atoms with Crippen LogP contribution < -0.4 is 0 Å². The van der Waals surface area contributed by atoms with Crippen molar-refractivity contribution >= 4 is 11.9 Å². The summed E-state index contributed by atoms with van der Waals surface area (Å²) in [5.41, 5.74) is 3.54. The smallest absolute Gasteiger partial charge is 0.165 e. The predicted octanol–water partition coefficient (Wildman–Crippen LogP) is 5.82. The Labute approximate surface area is 175 Å². The normalized spacial score (nSPS) is 45.6. The summed E-state index contributed by atoms with van der Waals surface area (Å²) >= 11 is 0. The van der Waals surface area contributed by atoms with Crippen molar-refractivity contribution < 1.29 is 9.90 Å². The van der Waals surface area contributed by atoms with Crippen molar-refractivity contribution in [1.82, 2.24) is 0 Å². The van der Waals surface area contributed by atoms with Crippen molar-refractivity contribution in [2.75, 3.05) is 0 Å². The minimum absolute atomic E-state index is 0.163. The van der Waals surface area contributed by atoms with Crippen LogP contribution in [-0.2, 0) is 4.79 Å². The molecule has 0 saturated heterocycles. The second-order valence-corrected chi connectivity index (χ2v) is 10.8. The number of aliphatic hydroxyl groups excluding tert-OH is 1. The van der Waals surface area contributed by atoms with E-state index in [4.69, 9.17) is 0 Å². The molecule has 0 radical (unpaired) electrons. The number of rotatable bonds is 1. The van der Waals surface area contributed by atoms with E-state index in [1.54, 1.807) is 0 Å². The number of Topliss-reactive ketones (excluding diaryl/α,β-unsaturated/α-hetero) is 1. The van der Waals surface area contributed by atoms with E-state index >= 15 is 0 Å². The Bertz CT molecular complexity index is 868. The maximum Gasteiger partial charge on any atom is 0.165 e. The molecule has 154 valence electrons. The Hall–Kier alpha value is -1.67. The second kappa shape index (κ2) is 6.67. The number of allylic oxidation sites excluding steroid dienone is 2. The Morgan fingerprint density at radius 1 is 1.07 bits per heavy atom. The van der Waals surface area contributed by atoms with Crippen LogP contribution in [0.4, 0.5) is 0 Å². The van der Waals surface area contributed by atoms with Gasteiger partial charge >= 0.3 is 0 Å². The fourth-order valence-corrected chi connectivity index (χ4v) is 7.77. The van der Waals surface area contributed by atoms with Crippen molar-refractivity contribution in [2.45, 2.75) is 64.9 Å². The molecule has 29 heavy (non-hydrogen) atoms. The number of carbonyl (C=O) groups excluding carboxylic acids is 1. The SMILES string of the molecule is C=C1C[C@H]2C(CC[C@@]3(C)C(=O)/C(=C/c4ccccc4)CC23)[C@]2(C)CC[C@H](O)CC12. The quantitative estimate of drug-likeness (QED) is 0.485. The molecule has 4 saturated carbocycles. The van der Waals surface area contributed by atoms with Crippen molar-refractivity contribution in [3.8, 4) is 0 Å². The van der Waals surface area contributed by atoms with Crippen LogP contribution in [0.5, 0.6) is 0 Å². The van der Waals surface area contributed by atoms with Crippen LogP contribution in [0.1, 0.15) is 64.4 Å². The third kappa shape index (κ3) is 2.82. The summed E-state index contributed by atoms with van der Waals surface area (Å²) in [4.78, 5) is 13.5. The molecule has 0 aromatic heterocycles. The molecule has 4 aliphatic rings. The molecule has 2 heteroatoms. The van der Waals surface area contributed by atoms with E-state index in [-0.39, 0.29) is 16.9 Å². The molecule has 0 spiro atoms. The zero-order valence-electron chi connectivity index (χ0n) is 17.9. The third-order valence-corrected chi connectivity index (χ3v) is 9.38. The van der Waals surface area contributed by atoms with Gasteiger partial charge in [0.25, 0.3) is 0 Å². The van der Waals surface area contributed by atoms with Crippen LogP contribution in [0.2, 0.25) is 0 Å². The van der Waals surface area contributed by atoms with Gasteiger partial charge in [-0.05, 0) is 91.2 Å². The molecule has 4 aliphatic carbocycles. The molecule has 0 amide bonds. The van der Waals surface area contributed by atoms with Crippen LogP contribution in [-0.4, -0.2) is 17.0 Å². The number of benzene rings is 1. The fourth-order valence-electron chi connectivity index (χ4n) is 7.77. The van der Waals surface area contributed by atoms with Gasteiger partial charge in [-0.1, -0.05) is 56.3 Å². The second-order valence-electron chi connectivity index (χ2n) is 10.8. The lowest BCUT2D eigenvalue weighted by molar-refractivity contribution is -0.135. The van der Waals surface area contributed by atoms with Gasteiger partial charge in [-0.2, -0.15) is 0 Å². The van der Waals surface area contributed by atoms with Crippen molar-refractivity contribution in [1.29, 1.82) is 0 Å². The minimum Gasteiger partial charge on any atom is -0.393 e. The van der Waals surface area contributed by atoms with E-state index < -0.39 is 0 Å². The summed E-state index contributed by atoms with van der Waals surface area (Å²) in [7, 11) is 0. The number of hydrogen-bond donors (Lipinski definition) is 1. The molecular weight excluding hydrogens is 356 g/mol. The molecule has 3 unspecified atom stereocenters. The lowest BCUT2D eigenvalue weighted by atomic mass is 9.44. The summed E-state index contributed by atoms with van der Waals surface area (Å²) < 4.78 is 0. The lowest BCUT2D eigenvalue weighted by Gasteiger charge is -2.60. The summed E-state index contributed by atoms with van der Waals surface area (Å²) in [6, 6.07) is 10.3. The van der Waals surface area contributed by atoms with Crippen LogP contribution >= 0.6 is 0 Å². The van der Waals surface area contributed by atoms with E-state index in [1.165, 1.54) is 5.57 Å². The first kappa shape index (κ1) is 19.3. The molecule has 0 aliphatic heterocycles. The Morgan fingerprint density at radius 2 is 1.83 bits per heavy atom. The predicted molar refractivity (Wildman–Crippen MR) is 117 cm³/mol. The Kier molecular flexibility index (Phi) is 4.44. The zero-order chi connectivity index (χ0) is 20.4. The maximum atomic E-state index is 13.5. The van der Waals surface area contributed by atoms with Gasteiger partial charge in [0, 0.05) is 5.41 Å². The summed E-state index contributed by atoms with van der Waals surface area (Å²) in [5, 5.41) is 10.3. The Balaban J connectivity index is 1.49. The van der Waals surface area contributed by atoms with Gasteiger partial charge in [0.05, 0.1) is 6.10 Å². The molecule has 1 aromatic rings. The average Bonchev–Trinajstić information content (AvgIpc) is 2.95. The summed E-state index contributed by atoms with van der Waals surface area (Å²) in [5.74, 6) is 2.50. The highest BCUT2D eigenvalue weighted by Crippen LogP contribution is 2.67. The zero-order valence-corrected chi connectivity index (χ0v) is 17.9. The van der Waals surface area contributed by atoms with E-state index in [0.717, 1.165) is 56.1 Å². The van der Waals surface area contributed by atoms with E-state index in [9.17, 15) is 9.90 Å². The molecule has 7 atom stereocenters. The molecule has 4 fully saturated rings. The first-order valence-electron chi connectivity index (χ1n) is 11.5. The van der Waals surface area contributed by atoms with E-state index in [0.29, 0.717) is 29.5 Å². The van der Waals surface area contributed by atoms with Crippen molar-refractivity contribution in [3.63, 3.8) is 0 Å². The topological polar surface area (TPSA) is 37.3 Å². The highest BCUT2D eigenvalue weighted by atomic mass is 16.3. The largest absolute Gasteiger partial charge is 0.393 e. The first-order chi connectivity index (χ1) is 13.8. The van der Waals surface area contributed by atoms with Gasteiger partial charge in [0.2, 0.25) is 0 Å². The monoisotopic (exact) mass is 390 g/mol. The van der Waals surface area contributed by atoms with Gasteiger partial charge in [-0.25, -0.2) is 0 Å². The number of carbonyl (C=O) groups is 1. The maximum absolute atomic E-state index is 13.5.